The van der Waals surface area contributed by atoms with E-state index in [0.717, 1.165) is 43.7 Å². The first-order chi connectivity index (χ1) is 17.6. The number of aromatic nitrogens is 3. The molecule has 0 N–H and O–H groups in total. The number of ether oxygens (including phenoxy) is 3. The molecule has 9 nitrogen and oxygen atoms in total. The number of piperidine rings is 1. The Balaban J connectivity index is 1.15. The van der Waals surface area contributed by atoms with Crippen LogP contribution in [0.1, 0.15) is 30.3 Å². The Morgan fingerprint density at radius 2 is 1.85 bits per heavy atom. The van der Waals surface area contributed by atoms with Crippen LogP contribution in [0, 0.1) is 6.92 Å². The van der Waals surface area contributed by atoms with E-state index in [0.29, 0.717) is 30.2 Å². The third-order valence-electron chi connectivity index (χ3n) is 6.36. The van der Waals surface area contributed by atoms with Gasteiger partial charge in [0.25, 0.3) is 5.56 Å². The fourth-order valence-electron chi connectivity index (χ4n) is 4.42. The number of hydrogen-bond acceptors (Lipinski definition) is 8. The van der Waals surface area contributed by atoms with Crippen molar-refractivity contribution in [1.82, 2.24) is 14.6 Å². The van der Waals surface area contributed by atoms with Gasteiger partial charge in [0.05, 0.1) is 11.7 Å². The maximum absolute atomic E-state index is 13.1. The number of benzene rings is 1. The van der Waals surface area contributed by atoms with E-state index in [1.807, 2.05) is 17.9 Å². The molecule has 3 aliphatic heterocycles. The molecule has 33 heavy (non-hydrogen) atoms. The van der Waals surface area contributed by atoms with Gasteiger partial charge in [-0.1, -0.05) is 0 Å². The highest BCUT2D eigenvalue weighted by Crippen LogP contribution is 2.34. The molecule has 3 aromatic rings. The fourth-order valence-corrected chi connectivity index (χ4v) is 4.42. The van der Waals surface area contributed by atoms with Crippen LogP contribution in [0.3, 0.4) is 0 Å². The van der Waals surface area contributed by atoms with Gasteiger partial charge in [-0.2, -0.15) is 4.52 Å². The second-order valence-corrected chi connectivity index (χ2v) is 8.53. The average Bonchev–Trinajstić information content (AvgIpc) is 2.81. The summed E-state index contributed by atoms with van der Waals surface area (Å²) in [6.45, 7) is -0.154. The van der Waals surface area contributed by atoms with Gasteiger partial charge in [-0.3, -0.25) is 4.79 Å². The largest absolute Gasteiger partial charge is 0.490 e. The molecule has 2 saturated heterocycles. The first-order valence-corrected chi connectivity index (χ1v) is 11.2. The molecular weight excluding hydrogens is 422 g/mol. The van der Waals surface area contributed by atoms with Gasteiger partial charge in [0.15, 0.2) is 23.0 Å². The number of anilines is 2. The Morgan fingerprint density at radius 3 is 2.61 bits per heavy atom. The lowest BCUT2D eigenvalue weighted by Crippen LogP contribution is -2.42. The van der Waals surface area contributed by atoms with Gasteiger partial charge in [0.2, 0.25) is 0 Å². The molecule has 0 saturated carbocycles. The number of nitrogens with zero attached hydrogens (tertiary/aromatic N) is 5. The molecule has 0 radical (unpaired) electrons. The Morgan fingerprint density at radius 1 is 1.06 bits per heavy atom. The van der Waals surface area contributed by atoms with Crippen molar-refractivity contribution in [1.29, 1.82) is 0 Å². The molecule has 2 aromatic heterocycles. The van der Waals surface area contributed by atoms with E-state index in [-0.39, 0.29) is 23.2 Å². The van der Waals surface area contributed by atoms with Crippen molar-refractivity contribution in [2.75, 3.05) is 49.1 Å². The molecule has 0 atom stereocenters. The minimum atomic E-state index is -2.62. The van der Waals surface area contributed by atoms with Gasteiger partial charge in [-0.05, 0) is 37.1 Å². The van der Waals surface area contributed by atoms with Crippen molar-refractivity contribution in [3.63, 3.8) is 0 Å². The van der Waals surface area contributed by atoms with E-state index in [9.17, 15) is 4.79 Å². The maximum Gasteiger partial charge on any atom is 0.298 e. The van der Waals surface area contributed by atoms with Crippen molar-refractivity contribution >= 4 is 17.2 Å². The highest BCUT2D eigenvalue weighted by molar-refractivity contribution is 5.55. The van der Waals surface area contributed by atoms with E-state index in [2.05, 4.69) is 15.0 Å². The van der Waals surface area contributed by atoms with Gasteiger partial charge >= 0.3 is 0 Å². The summed E-state index contributed by atoms with van der Waals surface area (Å²) in [5.74, 6) is 1.48. The number of hydrogen-bond donors (Lipinski definition) is 0. The van der Waals surface area contributed by atoms with Crippen molar-refractivity contribution in [3.8, 4) is 17.2 Å². The summed E-state index contributed by atoms with van der Waals surface area (Å²) in [5, 5.41) is 4.69. The van der Waals surface area contributed by atoms with E-state index in [1.165, 1.54) is 16.6 Å². The summed E-state index contributed by atoms with van der Waals surface area (Å²) in [6, 6.07) is 6.60. The SMILES string of the molecule is [2H]C1([2H])Oc2ccc(OC3CCN(c4nn5c(=O)c(N6CCC6)cnc5cc4C)CC3)cc2OC1([2H])[2H]. The van der Waals surface area contributed by atoms with Gasteiger partial charge in [-0.15, -0.1) is 5.10 Å². The van der Waals surface area contributed by atoms with Crippen molar-refractivity contribution in [3.05, 3.63) is 46.4 Å². The zero-order valence-corrected chi connectivity index (χ0v) is 18.3. The maximum atomic E-state index is 13.1. The van der Waals surface area contributed by atoms with Gasteiger partial charge in [0, 0.05) is 45.1 Å². The number of aryl methyl sites for hydroxylation is 1. The van der Waals surface area contributed by atoms with Crippen LogP contribution in [0.4, 0.5) is 11.5 Å². The molecule has 0 bridgehead atoms. The van der Waals surface area contributed by atoms with E-state index >= 15 is 0 Å². The van der Waals surface area contributed by atoms with Crippen LogP contribution in [0.15, 0.2) is 35.3 Å². The van der Waals surface area contributed by atoms with Gasteiger partial charge in [-0.25, -0.2) is 4.98 Å². The predicted octanol–water partition coefficient (Wildman–Crippen LogP) is 2.43. The summed E-state index contributed by atoms with van der Waals surface area (Å²) >= 11 is 0. The summed E-state index contributed by atoms with van der Waals surface area (Å²) in [7, 11) is 0. The van der Waals surface area contributed by atoms with Crippen LogP contribution in [-0.2, 0) is 0 Å². The van der Waals surface area contributed by atoms with Crippen LogP contribution < -0.4 is 29.6 Å². The third kappa shape index (κ3) is 3.71. The molecule has 0 spiro atoms. The molecule has 1 aromatic carbocycles. The van der Waals surface area contributed by atoms with E-state index < -0.39 is 13.1 Å². The quantitative estimate of drug-likeness (QED) is 0.596. The molecule has 2 fully saturated rings. The predicted molar refractivity (Wildman–Crippen MR) is 124 cm³/mol. The Bertz CT molecular complexity index is 1420. The molecule has 0 amide bonds. The lowest BCUT2D eigenvalue weighted by atomic mass is 10.1. The van der Waals surface area contributed by atoms with Gasteiger partial charge in [0.1, 0.15) is 30.7 Å². The van der Waals surface area contributed by atoms with Crippen molar-refractivity contribution in [2.45, 2.75) is 32.3 Å². The Kier molecular flexibility index (Phi) is 3.99. The Hall–Kier alpha value is -3.49. The van der Waals surface area contributed by atoms with Crippen LogP contribution in [0.2, 0.25) is 0 Å². The highest BCUT2D eigenvalue weighted by atomic mass is 16.6. The first kappa shape index (κ1) is 16.2. The van der Waals surface area contributed by atoms with Crippen LogP contribution in [0.5, 0.6) is 17.2 Å². The smallest absolute Gasteiger partial charge is 0.298 e. The summed E-state index contributed by atoms with van der Waals surface area (Å²) in [5.41, 5.74) is 1.91. The van der Waals surface area contributed by atoms with Gasteiger partial charge < -0.3 is 24.0 Å². The standard InChI is InChI=1S/C24H27N5O4/c1-16-13-22-25-15-19(27-7-2-8-27)24(30)29(22)26-23(16)28-9-5-17(6-10-28)33-18-3-4-20-21(14-18)32-12-11-31-20/h3-4,13-15,17H,2,5-12H2,1H3/i11D2,12D2. The molecule has 3 aliphatic rings. The topological polar surface area (TPSA) is 81.4 Å². The number of rotatable bonds is 4. The average molecular weight is 454 g/mol. The summed E-state index contributed by atoms with van der Waals surface area (Å²) in [6.07, 6.45) is 4.08. The Labute approximate surface area is 197 Å². The molecule has 0 aliphatic carbocycles. The lowest BCUT2D eigenvalue weighted by Gasteiger charge is -2.34. The van der Waals surface area contributed by atoms with E-state index in [4.69, 9.17) is 19.7 Å². The molecule has 5 heterocycles. The summed E-state index contributed by atoms with van der Waals surface area (Å²) < 4.78 is 48.9. The van der Waals surface area contributed by atoms with Crippen LogP contribution in [-0.4, -0.2) is 60.0 Å². The minimum Gasteiger partial charge on any atom is -0.490 e. The molecule has 9 heteroatoms. The first-order valence-electron chi connectivity index (χ1n) is 13.2. The minimum absolute atomic E-state index is 0.0785. The lowest BCUT2D eigenvalue weighted by molar-refractivity contribution is 0.159. The van der Waals surface area contributed by atoms with Crippen molar-refractivity contribution < 1.29 is 19.7 Å². The molecule has 172 valence electrons. The highest BCUT2D eigenvalue weighted by Gasteiger charge is 2.25. The molecular formula is C24H27N5O4. The monoisotopic (exact) mass is 453 g/mol. The van der Waals surface area contributed by atoms with Crippen molar-refractivity contribution in [2.24, 2.45) is 0 Å². The second-order valence-electron chi connectivity index (χ2n) is 8.53. The summed E-state index contributed by atoms with van der Waals surface area (Å²) in [4.78, 5) is 21.7. The number of fused-ring (bicyclic) bond motifs is 2. The zero-order chi connectivity index (χ0) is 25.9. The third-order valence-corrected chi connectivity index (χ3v) is 6.36. The zero-order valence-electron chi connectivity index (χ0n) is 22.3. The van der Waals surface area contributed by atoms with E-state index in [1.54, 1.807) is 12.3 Å². The second kappa shape index (κ2) is 8.13. The molecule has 6 rings (SSSR count). The normalized spacial score (nSPS) is 23.2. The van der Waals surface area contributed by atoms with Crippen LogP contribution in [0.25, 0.3) is 5.65 Å². The van der Waals surface area contributed by atoms with Crippen LogP contribution >= 0.6 is 0 Å². The fraction of sp³-hybridized carbons (Fsp3) is 0.458. The molecule has 0 unspecified atom stereocenters.